The van der Waals surface area contributed by atoms with Gasteiger partial charge in [-0.05, 0) is 13.6 Å². The summed E-state index contributed by atoms with van der Waals surface area (Å²) in [5.74, 6) is 0. The first-order valence-electron chi connectivity index (χ1n) is 4.42. The summed E-state index contributed by atoms with van der Waals surface area (Å²) in [5.41, 5.74) is 0. The fourth-order valence-corrected chi connectivity index (χ4v) is 0.136. The fraction of sp³-hybridized carbons (Fsp3) is 0.545. The lowest BCUT2D eigenvalue weighted by Gasteiger charge is -1.56. The van der Waals surface area contributed by atoms with Gasteiger partial charge in [0.25, 0.3) is 0 Å². The van der Waals surface area contributed by atoms with Crippen LogP contribution in [0.4, 0.5) is 0 Å². The Morgan fingerprint density at radius 2 is 1.33 bits per heavy atom. The van der Waals surface area contributed by atoms with Gasteiger partial charge in [0, 0.05) is 7.05 Å². The highest BCUT2D eigenvalue weighted by molar-refractivity contribution is 5.22. The maximum Gasteiger partial charge on any atom is 0.0269 e. The van der Waals surface area contributed by atoms with Crippen LogP contribution >= 0.6 is 0 Å². The van der Waals surface area contributed by atoms with Gasteiger partial charge in [-0.1, -0.05) is 52.5 Å². The minimum Gasteiger partial charge on any atom is -0.304 e. The van der Waals surface area contributed by atoms with Crippen molar-refractivity contribution in [2.24, 2.45) is 4.99 Å². The molecular weight excluding hydrogens is 146 g/mol. The van der Waals surface area contributed by atoms with E-state index in [0.717, 1.165) is 0 Å². The van der Waals surface area contributed by atoms with Crippen LogP contribution in [0.5, 0.6) is 0 Å². The minimum absolute atomic E-state index is 1.64. The molecule has 0 radical (unpaired) electrons. The largest absolute Gasteiger partial charge is 0.304 e. The second kappa shape index (κ2) is 85.6. The van der Waals surface area contributed by atoms with Crippen molar-refractivity contribution < 1.29 is 0 Å². The van der Waals surface area contributed by atoms with Crippen LogP contribution in [-0.4, -0.2) is 13.8 Å². The Morgan fingerprint density at radius 3 is 1.33 bits per heavy atom. The molecule has 0 unspecified atom stereocenters. The summed E-state index contributed by atoms with van der Waals surface area (Å²) >= 11 is 0. The van der Waals surface area contributed by atoms with Gasteiger partial charge in [-0.25, -0.2) is 0 Å². The second-order valence-electron chi connectivity index (χ2n) is 1.08. The molecule has 0 rings (SSSR count). The number of rotatable bonds is 1. The summed E-state index contributed by atoms with van der Waals surface area (Å²) in [4.78, 5) is 3.25. The first-order valence-corrected chi connectivity index (χ1v) is 4.42. The molecule has 0 aromatic carbocycles. The van der Waals surface area contributed by atoms with Gasteiger partial charge in [0.1, 0.15) is 0 Å². The molecule has 0 aliphatic carbocycles. The van der Waals surface area contributed by atoms with Gasteiger partial charge in [-0.2, -0.15) is 0 Å². The van der Waals surface area contributed by atoms with Gasteiger partial charge >= 0.3 is 0 Å². The molecule has 0 fully saturated rings. The van der Waals surface area contributed by atoms with E-state index in [-0.39, 0.29) is 0 Å². The molecule has 1 heteroatoms. The number of nitrogens with zero attached hydrogens (tertiary/aromatic N) is 1. The molecule has 0 bridgehead atoms. The van der Waals surface area contributed by atoms with Gasteiger partial charge in [0.15, 0.2) is 0 Å². The van der Waals surface area contributed by atoms with E-state index < -0.39 is 0 Å². The summed E-state index contributed by atoms with van der Waals surface area (Å²) in [5, 5.41) is 0. The van der Waals surface area contributed by atoms with E-state index in [4.69, 9.17) is 0 Å². The van der Waals surface area contributed by atoms with Crippen molar-refractivity contribution in [1.29, 1.82) is 0 Å². The van der Waals surface area contributed by atoms with E-state index >= 15 is 0 Å². The molecule has 0 aliphatic rings. The Morgan fingerprint density at radius 1 is 1.08 bits per heavy atom. The Balaban J connectivity index is -0.0000000397. The lowest BCUT2D eigenvalue weighted by atomic mass is 10.5. The highest BCUT2D eigenvalue weighted by Gasteiger charge is 1.42. The van der Waals surface area contributed by atoms with Crippen molar-refractivity contribution in [3.8, 4) is 0 Å². The predicted molar refractivity (Wildman–Crippen MR) is 63.2 cm³/mol. The maximum absolute atomic E-state index is 3.46. The molecule has 74 valence electrons. The maximum atomic E-state index is 3.46. The summed E-state index contributed by atoms with van der Waals surface area (Å²) in [6, 6.07) is 0. The van der Waals surface area contributed by atoms with E-state index in [0.29, 0.717) is 0 Å². The molecule has 0 spiro atoms. The number of allylic oxidation sites excluding steroid dienone is 3. The molecule has 0 aliphatic heterocycles. The summed E-state index contributed by atoms with van der Waals surface area (Å²) in [7, 11) is 1.64. The smallest absolute Gasteiger partial charge is 0.0269 e. The lowest BCUT2D eigenvalue weighted by molar-refractivity contribution is 1.49. The quantitative estimate of drug-likeness (QED) is 0.416. The van der Waals surface area contributed by atoms with E-state index in [1.54, 1.807) is 13.1 Å². The SMILES string of the molecule is C=C/C=C\C.C=NC.CC.CC. The van der Waals surface area contributed by atoms with Gasteiger partial charge in [0.05, 0.1) is 0 Å². The molecule has 12 heavy (non-hydrogen) atoms. The number of aliphatic imine (C=N–C) groups is 1. The van der Waals surface area contributed by atoms with Gasteiger partial charge in [-0.3, -0.25) is 0 Å². The van der Waals surface area contributed by atoms with Crippen LogP contribution in [0.25, 0.3) is 0 Å². The van der Waals surface area contributed by atoms with E-state index in [1.165, 1.54) is 0 Å². The average Bonchev–Trinajstić information content (AvgIpc) is 2.14. The van der Waals surface area contributed by atoms with Gasteiger partial charge in [-0.15, -0.1) is 0 Å². The van der Waals surface area contributed by atoms with Gasteiger partial charge < -0.3 is 4.99 Å². The predicted octanol–water partition coefficient (Wildman–Crippen LogP) is 4.12. The van der Waals surface area contributed by atoms with E-state index in [2.05, 4.69) is 18.3 Å². The molecule has 1 nitrogen and oxygen atoms in total. The number of hydrogen-bond acceptors (Lipinski definition) is 1. The van der Waals surface area contributed by atoms with Crippen molar-refractivity contribution in [3.05, 3.63) is 24.8 Å². The first-order chi connectivity index (χ1) is 5.83. The third-order valence-corrected chi connectivity index (χ3v) is 0.329. The summed E-state index contributed by atoms with van der Waals surface area (Å²) < 4.78 is 0. The zero-order chi connectivity index (χ0) is 10.8. The van der Waals surface area contributed by atoms with Crippen LogP contribution < -0.4 is 0 Å². The third-order valence-electron chi connectivity index (χ3n) is 0.329. The van der Waals surface area contributed by atoms with Crippen LogP contribution in [0.15, 0.2) is 29.8 Å². The monoisotopic (exact) mass is 171 g/mol. The van der Waals surface area contributed by atoms with Crippen molar-refractivity contribution >= 4 is 6.72 Å². The first kappa shape index (κ1) is 22.5. The number of hydrogen-bond donors (Lipinski definition) is 0. The highest BCUT2D eigenvalue weighted by atomic mass is 14.6. The summed E-state index contributed by atoms with van der Waals surface area (Å²) in [6.45, 7) is 16.5. The molecule has 0 atom stereocenters. The molecule has 0 saturated carbocycles. The average molecular weight is 171 g/mol. The van der Waals surface area contributed by atoms with Crippen LogP contribution in [0.2, 0.25) is 0 Å². The van der Waals surface area contributed by atoms with E-state index in [9.17, 15) is 0 Å². The van der Waals surface area contributed by atoms with Crippen molar-refractivity contribution in [2.75, 3.05) is 7.05 Å². The van der Waals surface area contributed by atoms with Crippen LogP contribution in [-0.2, 0) is 0 Å². The van der Waals surface area contributed by atoms with Crippen molar-refractivity contribution in [2.45, 2.75) is 34.6 Å². The molecule has 0 saturated heterocycles. The molecule has 0 amide bonds. The normalized spacial score (nSPS) is 5.83. The minimum atomic E-state index is 1.64. The highest BCUT2D eigenvalue weighted by Crippen LogP contribution is 1.64. The van der Waals surface area contributed by atoms with Crippen LogP contribution in [0.1, 0.15) is 34.6 Å². The van der Waals surface area contributed by atoms with Crippen molar-refractivity contribution in [3.63, 3.8) is 0 Å². The van der Waals surface area contributed by atoms with E-state index in [1.807, 2.05) is 46.8 Å². The fourth-order valence-electron chi connectivity index (χ4n) is 0.136. The molecule has 0 aromatic rings. The van der Waals surface area contributed by atoms with Gasteiger partial charge in [0.2, 0.25) is 0 Å². The summed E-state index contributed by atoms with van der Waals surface area (Å²) in [6.07, 6.45) is 5.58. The Kier molecular flexibility index (Phi) is 160. The Hall–Kier alpha value is -0.850. The van der Waals surface area contributed by atoms with Crippen molar-refractivity contribution in [1.82, 2.24) is 0 Å². The molecule has 0 aromatic heterocycles. The molecule has 0 N–H and O–H groups in total. The zero-order valence-electron chi connectivity index (χ0n) is 9.59. The molecule has 0 heterocycles. The zero-order valence-corrected chi connectivity index (χ0v) is 9.59. The Bertz CT molecular complexity index is 73.1. The second-order valence-corrected chi connectivity index (χ2v) is 1.08. The van der Waals surface area contributed by atoms with Crippen LogP contribution in [0.3, 0.4) is 0 Å². The topological polar surface area (TPSA) is 12.4 Å². The third kappa shape index (κ3) is 460. The van der Waals surface area contributed by atoms with Crippen LogP contribution in [0, 0.1) is 0 Å². The standard InChI is InChI=1S/C5H8.C2H5N.2C2H6/c1-3-5-4-2;1-3-2;2*1-2/h3-5H,1H2,2H3;1H2,2H3;2*1-2H3/b5-4-;;;. The lowest BCUT2D eigenvalue weighted by Crippen LogP contribution is -1.33. The molecular formula is C11H25N. The Labute approximate surface area is 78.9 Å².